The average Bonchev–Trinajstić information content (AvgIpc) is 2.69. The first-order chi connectivity index (χ1) is 6.79. The van der Waals surface area contributed by atoms with E-state index in [1.807, 2.05) is 0 Å². The molecular weight excluding hydrogens is 185 g/mol. The van der Waals surface area contributed by atoms with Gasteiger partial charge in [0.25, 0.3) is 0 Å². The third kappa shape index (κ3) is 1.62. The van der Waals surface area contributed by atoms with Gasteiger partial charge in [0.2, 0.25) is 0 Å². The Morgan fingerprint density at radius 1 is 1.36 bits per heavy atom. The van der Waals surface area contributed by atoms with Crippen molar-refractivity contribution in [1.82, 2.24) is 14.8 Å². The Bertz CT molecular complexity index is 428. The van der Waals surface area contributed by atoms with E-state index in [0.29, 0.717) is 11.3 Å². The molecule has 0 radical (unpaired) electrons. The fraction of sp³-hybridized carbons (Fsp3) is 0.111. The second kappa shape index (κ2) is 3.55. The Hall–Kier alpha value is -1.75. The van der Waals surface area contributed by atoms with Crippen LogP contribution < -0.4 is 0 Å². The third-order valence-corrected chi connectivity index (χ3v) is 1.81. The van der Waals surface area contributed by atoms with E-state index in [4.69, 9.17) is 5.11 Å². The molecule has 0 bridgehead atoms. The molecule has 0 fully saturated rings. The second-order valence-corrected chi connectivity index (χ2v) is 2.82. The van der Waals surface area contributed by atoms with E-state index < -0.39 is 5.82 Å². The lowest BCUT2D eigenvalue weighted by molar-refractivity contribution is 0.281. The van der Waals surface area contributed by atoms with Gasteiger partial charge in [0.1, 0.15) is 18.5 Å². The molecule has 2 rings (SSSR count). The van der Waals surface area contributed by atoms with E-state index in [2.05, 4.69) is 10.1 Å². The first kappa shape index (κ1) is 8.83. The number of hydrogen-bond donors (Lipinski definition) is 1. The molecule has 0 aliphatic rings. The fourth-order valence-electron chi connectivity index (χ4n) is 1.20. The molecule has 0 aliphatic carbocycles. The monoisotopic (exact) mass is 193 g/mol. The van der Waals surface area contributed by atoms with Crippen LogP contribution in [0.25, 0.3) is 5.69 Å². The Morgan fingerprint density at radius 2 is 2.21 bits per heavy atom. The Morgan fingerprint density at radius 3 is 2.86 bits per heavy atom. The molecule has 14 heavy (non-hydrogen) atoms. The van der Waals surface area contributed by atoms with Crippen LogP contribution >= 0.6 is 0 Å². The van der Waals surface area contributed by atoms with E-state index in [0.717, 1.165) is 0 Å². The molecule has 4 nitrogen and oxygen atoms in total. The zero-order valence-electron chi connectivity index (χ0n) is 7.26. The highest BCUT2D eigenvalue weighted by molar-refractivity contribution is 5.35. The summed E-state index contributed by atoms with van der Waals surface area (Å²) in [6.45, 7) is -0.195. The molecule has 1 aromatic carbocycles. The summed E-state index contributed by atoms with van der Waals surface area (Å²) in [5.74, 6) is -0.401. The zero-order valence-corrected chi connectivity index (χ0v) is 7.26. The molecule has 72 valence electrons. The number of rotatable bonds is 2. The Balaban J connectivity index is 2.48. The van der Waals surface area contributed by atoms with Crippen molar-refractivity contribution in [3.63, 3.8) is 0 Å². The van der Waals surface area contributed by atoms with Crippen LogP contribution in [0.5, 0.6) is 0 Å². The van der Waals surface area contributed by atoms with E-state index in [-0.39, 0.29) is 6.61 Å². The maximum atomic E-state index is 13.0. The minimum atomic E-state index is -0.401. The molecule has 5 heteroatoms. The van der Waals surface area contributed by atoms with Crippen LogP contribution in [-0.2, 0) is 6.61 Å². The standard InChI is InChI=1S/C9H8FN3O/c10-8-1-7(4-14)2-9(3-8)13-6-11-5-12-13/h1-3,5-6,14H,4H2. The number of aliphatic hydroxyl groups is 1. The van der Waals surface area contributed by atoms with Gasteiger partial charge in [-0.1, -0.05) is 0 Å². The van der Waals surface area contributed by atoms with Gasteiger partial charge in [0.05, 0.1) is 12.3 Å². The Kier molecular flexibility index (Phi) is 2.24. The van der Waals surface area contributed by atoms with Crippen LogP contribution in [0.2, 0.25) is 0 Å². The summed E-state index contributed by atoms with van der Waals surface area (Å²) in [6, 6.07) is 4.26. The Labute approximate surface area is 79.6 Å². The molecular formula is C9H8FN3O. The van der Waals surface area contributed by atoms with Crippen LogP contribution in [-0.4, -0.2) is 19.9 Å². The highest BCUT2D eigenvalue weighted by atomic mass is 19.1. The molecule has 1 aromatic heterocycles. The number of hydrogen-bond acceptors (Lipinski definition) is 3. The van der Waals surface area contributed by atoms with Crippen LogP contribution in [0.1, 0.15) is 5.56 Å². The SMILES string of the molecule is OCc1cc(F)cc(-n2cncn2)c1. The maximum absolute atomic E-state index is 13.0. The van der Waals surface area contributed by atoms with Gasteiger partial charge in [-0.25, -0.2) is 14.1 Å². The van der Waals surface area contributed by atoms with Gasteiger partial charge >= 0.3 is 0 Å². The van der Waals surface area contributed by atoms with Crippen molar-refractivity contribution in [2.75, 3.05) is 0 Å². The molecule has 1 heterocycles. The maximum Gasteiger partial charge on any atom is 0.138 e. The summed E-state index contributed by atoms with van der Waals surface area (Å²) in [7, 11) is 0. The van der Waals surface area contributed by atoms with E-state index in [1.54, 1.807) is 6.07 Å². The zero-order chi connectivity index (χ0) is 9.97. The van der Waals surface area contributed by atoms with E-state index >= 15 is 0 Å². The van der Waals surface area contributed by atoms with E-state index in [1.165, 1.54) is 29.5 Å². The van der Waals surface area contributed by atoms with Crippen molar-refractivity contribution >= 4 is 0 Å². The summed E-state index contributed by atoms with van der Waals surface area (Å²) in [6.07, 6.45) is 2.83. The molecule has 0 saturated carbocycles. The van der Waals surface area contributed by atoms with Gasteiger partial charge < -0.3 is 5.11 Å². The highest BCUT2D eigenvalue weighted by Gasteiger charge is 2.02. The summed E-state index contributed by atoms with van der Waals surface area (Å²) >= 11 is 0. The highest BCUT2D eigenvalue weighted by Crippen LogP contribution is 2.12. The summed E-state index contributed by atoms with van der Waals surface area (Å²) in [4.78, 5) is 3.75. The van der Waals surface area contributed by atoms with Crippen molar-refractivity contribution in [1.29, 1.82) is 0 Å². The topological polar surface area (TPSA) is 50.9 Å². The average molecular weight is 193 g/mol. The lowest BCUT2D eigenvalue weighted by Crippen LogP contribution is -1.97. The smallest absolute Gasteiger partial charge is 0.138 e. The van der Waals surface area contributed by atoms with Crippen molar-refractivity contribution in [3.8, 4) is 5.69 Å². The van der Waals surface area contributed by atoms with Gasteiger partial charge in [0.15, 0.2) is 0 Å². The summed E-state index contributed by atoms with van der Waals surface area (Å²) in [5, 5.41) is 12.7. The normalized spacial score (nSPS) is 10.4. The first-order valence-corrected chi connectivity index (χ1v) is 4.05. The van der Waals surface area contributed by atoms with Crippen LogP contribution in [0.3, 0.4) is 0 Å². The molecule has 0 unspecified atom stereocenters. The number of halogens is 1. The molecule has 0 saturated heterocycles. The molecule has 0 spiro atoms. The number of aliphatic hydroxyl groups excluding tert-OH is 1. The van der Waals surface area contributed by atoms with Gasteiger partial charge in [-0.3, -0.25) is 0 Å². The van der Waals surface area contributed by atoms with Gasteiger partial charge in [-0.2, -0.15) is 5.10 Å². The third-order valence-electron chi connectivity index (χ3n) is 1.81. The van der Waals surface area contributed by atoms with Gasteiger partial charge in [-0.15, -0.1) is 0 Å². The lowest BCUT2D eigenvalue weighted by atomic mass is 10.2. The summed E-state index contributed by atoms with van der Waals surface area (Å²) < 4.78 is 14.5. The van der Waals surface area contributed by atoms with Crippen molar-refractivity contribution in [2.45, 2.75) is 6.61 Å². The van der Waals surface area contributed by atoms with Crippen LogP contribution in [0.15, 0.2) is 30.9 Å². The van der Waals surface area contributed by atoms with Crippen LogP contribution in [0.4, 0.5) is 4.39 Å². The quantitative estimate of drug-likeness (QED) is 0.770. The predicted molar refractivity (Wildman–Crippen MR) is 47.2 cm³/mol. The van der Waals surface area contributed by atoms with E-state index in [9.17, 15) is 4.39 Å². The second-order valence-electron chi connectivity index (χ2n) is 2.82. The number of aromatic nitrogens is 3. The largest absolute Gasteiger partial charge is 0.392 e. The molecule has 1 N–H and O–H groups in total. The molecule has 0 aliphatic heterocycles. The number of nitrogens with zero attached hydrogens (tertiary/aromatic N) is 3. The molecule has 0 amide bonds. The van der Waals surface area contributed by atoms with Gasteiger partial charge in [-0.05, 0) is 23.8 Å². The van der Waals surface area contributed by atoms with Crippen LogP contribution in [0, 0.1) is 5.82 Å². The lowest BCUT2D eigenvalue weighted by Gasteiger charge is -2.03. The van der Waals surface area contributed by atoms with Crippen molar-refractivity contribution < 1.29 is 9.50 Å². The van der Waals surface area contributed by atoms with Crippen molar-refractivity contribution in [2.24, 2.45) is 0 Å². The van der Waals surface area contributed by atoms with Gasteiger partial charge in [0, 0.05) is 0 Å². The minimum Gasteiger partial charge on any atom is -0.392 e. The summed E-state index contributed by atoms with van der Waals surface area (Å²) in [5.41, 5.74) is 1.06. The number of benzene rings is 1. The van der Waals surface area contributed by atoms with Crippen molar-refractivity contribution in [3.05, 3.63) is 42.2 Å². The molecule has 2 aromatic rings. The minimum absolute atomic E-state index is 0.195. The molecule has 0 atom stereocenters. The first-order valence-electron chi connectivity index (χ1n) is 4.05. The fourth-order valence-corrected chi connectivity index (χ4v) is 1.20. The predicted octanol–water partition coefficient (Wildman–Crippen LogP) is 0.899.